The second-order valence-electron chi connectivity index (χ2n) is 3.51. The molecule has 0 aliphatic carbocycles. The number of benzene rings is 1. The Bertz CT molecular complexity index is 510. The fraction of sp³-hybridized carbons (Fsp3) is 0.273. The van der Waals surface area contributed by atoms with Gasteiger partial charge in [-0.2, -0.15) is 0 Å². The highest BCUT2D eigenvalue weighted by Gasteiger charge is 2.06. The van der Waals surface area contributed by atoms with Crippen LogP contribution in [0.5, 0.6) is 5.75 Å². The first-order valence-corrected chi connectivity index (χ1v) is 5.17. The molecule has 90 valence electrons. The van der Waals surface area contributed by atoms with Crippen LogP contribution in [0.3, 0.4) is 0 Å². The molecular formula is C11H14N4O2. The molecule has 0 amide bonds. The third-order valence-electron chi connectivity index (χ3n) is 2.32. The quantitative estimate of drug-likeness (QED) is 0.835. The van der Waals surface area contributed by atoms with Crippen molar-refractivity contribution >= 4 is 11.7 Å². The molecule has 0 fully saturated rings. The lowest BCUT2D eigenvalue weighted by Gasteiger charge is -2.07. The van der Waals surface area contributed by atoms with Crippen molar-refractivity contribution in [3.63, 3.8) is 0 Å². The molecule has 0 spiro atoms. The first kappa shape index (κ1) is 11.4. The molecule has 0 bridgehead atoms. The molecule has 0 aliphatic heterocycles. The Balaban J connectivity index is 2.18. The van der Waals surface area contributed by atoms with Gasteiger partial charge in [0.15, 0.2) is 0 Å². The molecular weight excluding hydrogens is 220 g/mol. The van der Waals surface area contributed by atoms with E-state index in [-0.39, 0.29) is 6.54 Å². The number of rotatable bonds is 4. The van der Waals surface area contributed by atoms with E-state index in [4.69, 9.17) is 14.9 Å². The molecule has 1 heterocycles. The summed E-state index contributed by atoms with van der Waals surface area (Å²) in [5.74, 6) is 1.21. The summed E-state index contributed by atoms with van der Waals surface area (Å²) < 4.78 is 10.4. The van der Waals surface area contributed by atoms with Crippen LogP contribution in [0.4, 0.5) is 11.7 Å². The summed E-state index contributed by atoms with van der Waals surface area (Å²) in [7, 11) is 1.63. The van der Waals surface area contributed by atoms with E-state index in [1.54, 1.807) is 7.11 Å². The largest absolute Gasteiger partial charge is 0.497 e. The van der Waals surface area contributed by atoms with Gasteiger partial charge in [0, 0.05) is 5.69 Å². The summed E-state index contributed by atoms with van der Waals surface area (Å²) in [6, 6.07) is 6.00. The molecule has 0 aliphatic rings. The van der Waals surface area contributed by atoms with Crippen molar-refractivity contribution in [3.05, 3.63) is 29.7 Å². The van der Waals surface area contributed by atoms with Crippen LogP contribution in [0, 0.1) is 6.92 Å². The number of anilines is 2. The Hall–Kier alpha value is -2.08. The standard InChI is InChI=1S/C11H14N4O2/c1-7-5-8(16-2)3-4-9(7)13-11-15-14-10(6-12)17-11/h3-5H,6,12H2,1-2H3,(H,13,15). The zero-order valence-corrected chi connectivity index (χ0v) is 9.73. The van der Waals surface area contributed by atoms with Crippen molar-refractivity contribution < 1.29 is 9.15 Å². The van der Waals surface area contributed by atoms with Crippen molar-refractivity contribution in [1.29, 1.82) is 0 Å². The van der Waals surface area contributed by atoms with Gasteiger partial charge in [-0.15, -0.1) is 5.10 Å². The Morgan fingerprint density at radius 2 is 2.24 bits per heavy atom. The van der Waals surface area contributed by atoms with Crippen LogP contribution in [0.25, 0.3) is 0 Å². The van der Waals surface area contributed by atoms with Gasteiger partial charge in [0.25, 0.3) is 0 Å². The molecule has 0 atom stereocenters. The van der Waals surface area contributed by atoms with E-state index in [0.29, 0.717) is 11.9 Å². The second-order valence-corrected chi connectivity index (χ2v) is 3.51. The molecule has 0 unspecified atom stereocenters. The summed E-state index contributed by atoms with van der Waals surface area (Å²) in [4.78, 5) is 0. The van der Waals surface area contributed by atoms with Gasteiger partial charge in [-0.05, 0) is 30.7 Å². The van der Waals surface area contributed by atoms with Crippen molar-refractivity contribution in [2.75, 3.05) is 12.4 Å². The molecule has 0 radical (unpaired) electrons. The van der Waals surface area contributed by atoms with E-state index in [1.165, 1.54) is 0 Å². The maximum atomic E-state index is 5.38. The Morgan fingerprint density at radius 1 is 1.41 bits per heavy atom. The molecule has 2 aromatic rings. The summed E-state index contributed by atoms with van der Waals surface area (Å²) in [5, 5.41) is 10.6. The number of nitrogens with two attached hydrogens (primary N) is 1. The van der Waals surface area contributed by atoms with Crippen LogP contribution < -0.4 is 15.8 Å². The minimum Gasteiger partial charge on any atom is -0.497 e. The van der Waals surface area contributed by atoms with Gasteiger partial charge in [0.1, 0.15) is 5.75 Å². The molecule has 6 nitrogen and oxygen atoms in total. The molecule has 2 rings (SSSR count). The fourth-order valence-corrected chi connectivity index (χ4v) is 1.41. The van der Waals surface area contributed by atoms with Crippen LogP contribution in [0.1, 0.15) is 11.5 Å². The first-order valence-electron chi connectivity index (χ1n) is 5.17. The molecule has 0 saturated carbocycles. The zero-order valence-electron chi connectivity index (χ0n) is 9.73. The molecule has 17 heavy (non-hydrogen) atoms. The average Bonchev–Trinajstić information content (AvgIpc) is 2.79. The van der Waals surface area contributed by atoms with E-state index in [0.717, 1.165) is 17.0 Å². The third-order valence-corrected chi connectivity index (χ3v) is 2.32. The average molecular weight is 234 g/mol. The van der Waals surface area contributed by atoms with Crippen LogP contribution in [-0.4, -0.2) is 17.3 Å². The highest BCUT2D eigenvalue weighted by atomic mass is 16.5. The number of methoxy groups -OCH3 is 1. The minimum absolute atomic E-state index is 0.232. The van der Waals surface area contributed by atoms with Crippen molar-refractivity contribution in [2.45, 2.75) is 13.5 Å². The molecule has 6 heteroatoms. The number of nitrogens with zero attached hydrogens (tertiary/aromatic N) is 2. The zero-order chi connectivity index (χ0) is 12.3. The van der Waals surface area contributed by atoms with E-state index >= 15 is 0 Å². The summed E-state index contributed by atoms with van der Waals surface area (Å²) in [6.45, 7) is 2.20. The number of ether oxygens (including phenoxy) is 1. The summed E-state index contributed by atoms with van der Waals surface area (Å²) >= 11 is 0. The van der Waals surface area contributed by atoms with E-state index < -0.39 is 0 Å². The van der Waals surface area contributed by atoms with Gasteiger partial charge >= 0.3 is 6.01 Å². The van der Waals surface area contributed by atoms with Crippen molar-refractivity contribution in [3.8, 4) is 5.75 Å². The van der Waals surface area contributed by atoms with E-state index in [1.807, 2.05) is 25.1 Å². The van der Waals surface area contributed by atoms with Gasteiger partial charge in [0.2, 0.25) is 5.89 Å². The minimum atomic E-state index is 0.232. The highest BCUT2D eigenvalue weighted by Crippen LogP contribution is 2.23. The third kappa shape index (κ3) is 2.54. The number of hydrogen-bond donors (Lipinski definition) is 2. The van der Waals surface area contributed by atoms with Gasteiger partial charge in [-0.3, -0.25) is 0 Å². The Morgan fingerprint density at radius 3 is 2.82 bits per heavy atom. The SMILES string of the molecule is COc1ccc(Nc2nnc(CN)o2)c(C)c1. The van der Waals surface area contributed by atoms with Gasteiger partial charge in [-0.25, -0.2) is 0 Å². The lowest BCUT2D eigenvalue weighted by Crippen LogP contribution is -1.95. The lowest BCUT2D eigenvalue weighted by molar-refractivity contribution is 0.414. The van der Waals surface area contributed by atoms with Crippen LogP contribution in [0.15, 0.2) is 22.6 Å². The number of hydrogen-bond acceptors (Lipinski definition) is 6. The topological polar surface area (TPSA) is 86.2 Å². The second kappa shape index (κ2) is 4.84. The first-order chi connectivity index (χ1) is 8.22. The van der Waals surface area contributed by atoms with E-state index in [2.05, 4.69) is 15.5 Å². The normalized spacial score (nSPS) is 10.3. The van der Waals surface area contributed by atoms with Crippen LogP contribution >= 0.6 is 0 Å². The lowest BCUT2D eigenvalue weighted by atomic mass is 10.2. The van der Waals surface area contributed by atoms with Gasteiger partial charge in [-0.1, -0.05) is 5.10 Å². The summed E-state index contributed by atoms with van der Waals surface area (Å²) in [5.41, 5.74) is 7.30. The van der Waals surface area contributed by atoms with Crippen LogP contribution in [0.2, 0.25) is 0 Å². The van der Waals surface area contributed by atoms with Crippen LogP contribution in [-0.2, 0) is 6.54 Å². The summed E-state index contributed by atoms with van der Waals surface area (Å²) in [6.07, 6.45) is 0. The highest BCUT2D eigenvalue weighted by molar-refractivity contribution is 5.58. The Kier molecular flexibility index (Phi) is 3.24. The number of aromatic nitrogens is 2. The van der Waals surface area contributed by atoms with Crippen molar-refractivity contribution in [1.82, 2.24) is 10.2 Å². The van der Waals surface area contributed by atoms with Gasteiger partial charge < -0.3 is 20.2 Å². The smallest absolute Gasteiger partial charge is 0.320 e. The molecule has 0 saturated heterocycles. The molecule has 1 aromatic heterocycles. The predicted octanol–water partition coefficient (Wildman–Crippen LogP) is 1.59. The Labute approximate surface area is 98.8 Å². The fourth-order valence-electron chi connectivity index (χ4n) is 1.41. The van der Waals surface area contributed by atoms with Gasteiger partial charge in [0.05, 0.1) is 13.7 Å². The molecule has 1 aromatic carbocycles. The monoisotopic (exact) mass is 234 g/mol. The predicted molar refractivity (Wildman–Crippen MR) is 63.2 cm³/mol. The maximum Gasteiger partial charge on any atom is 0.320 e. The maximum absolute atomic E-state index is 5.38. The number of aryl methyl sites for hydroxylation is 1. The number of nitrogens with one attached hydrogen (secondary N) is 1. The van der Waals surface area contributed by atoms with E-state index in [9.17, 15) is 0 Å². The van der Waals surface area contributed by atoms with Crippen molar-refractivity contribution in [2.24, 2.45) is 5.73 Å². The molecule has 3 N–H and O–H groups in total.